The minimum Gasteiger partial charge on any atom is -0.497 e. The van der Waals surface area contributed by atoms with E-state index in [0.717, 1.165) is 50.1 Å². The smallest absolute Gasteiger partial charge is 0.308 e. The van der Waals surface area contributed by atoms with E-state index in [4.69, 9.17) is 9.47 Å². The van der Waals surface area contributed by atoms with Crippen molar-refractivity contribution in [2.24, 2.45) is 5.92 Å². The highest BCUT2D eigenvalue weighted by atomic mass is 16.5. The molecule has 3 fully saturated rings. The van der Waals surface area contributed by atoms with Crippen LogP contribution in [-0.2, 0) is 9.53 Å². The van der Waals surface area contributed by atoms with Gasteiger partial charge in [0.25, 0.3) is 0 Å². The van der Waals surface area contributed by atoms with Gasteiger partial charge in [-0.25, -0.2) is 0 Å². The highest BCUT2D eigenvalue weighted by Crippen LogP contribution is 2.43. The molecule has 2 heterocycles. The molecular weight excluding hydrogens is 330 g/mol. The quantitative estimate of drug-likeness (QED) is 0.894. The highest BCUT2D eigenvalue weighted by molar-refractivity contribution is 5.72. The van der Waals surface area contributed by atoms with Gasteiger partial charge in [-0.3, -0.25) is 9.69 Å². The molecule has 2 atom stereocenters. The average molecular weight is 359 g/mol. The lowest BCUT2D eigenvalue weighted by atomic mass is 9.80. The summed E-state index contributed by atoms with van der Waals surface area (Å²) in [5.41, 5.74) is 1.24. The maximum Gasteiger partial charge on any atom is 0.308 e. The normalized spacial score (nSPS) is 35.0. The zero-order valence-electron chi connectivity index (χ0n) is 15.5. The zero-order valence-corrected chi connectivity index (χ0v) is 15.5. The molecule has 1 N–H and O–H groups in total. The third kappa shape index (κ3) is 3.35. The van der Waals surface area contributed by atoms with Crippen LogP contribution in [0, 0.1) is 5.92 Å². The van der Waals surface area contributed by atoms with Crippen LogP contribution in [0.3, 0.4) is 0 Å². The summed E-state index contributed by atoms with van der Waals surface area (Å²) in [7, 11) is 1.65. The van der Waals surface area contributed by atoms with Crippen molar-refractivity contribution in [1.82, 2.24) is 4.90 Å². The van der Waals surface area contributed by atoms with Crippen LogP contribution in [0.2, 0.25) is 0 Å². The first kappa shape index (κ1) is 17.8. The molecule has 1 aromatic carbocycles. The van der Waals surface area contributed by atoms with Crippen LogP contribution in [0.1, 0.15) is 50.0 Å². The van der Waals surface area contributed by atoms with Crippen LogP contribution in [0.4, 0.5) is 0 Å². The predicted molar refractivity (Wildman–Crippen MR) is 98.6 cm³/mol. The molecule has 5 heteroatoms. The Morgan fingerprint density at radius 2 is 1.92 bits per heavy atom. The van der Waals surface area contributed by atoms with Crippen LogP contribution in [0.25, 0.3) is 0 Å². The standard InChI is InChI=1S/C21H29NO4/c1-25-17-5-3-15(4-6-17)18-13-22(14-19(18)20(23)24)16-7-10-21(11-8-16)9-2-12-26-21/h3-6,16,18-19H,2,7-14H2,1H3,(H,23,24)/t16-,18-,19+,21+/m0/s1. The maximum absolute atomic E-state index is 11.9. The summed E-state index contributed by atoms with van der Waals surface area (Å²) < 4.78 is 11.3. The lowest BCUT2D eigenvalue weighted by Gasteiger charge is -2.40. The Balaban J connectivity index is 1.44. The second-order valence-electron chi connectivity index (χ2n) is 8.14. The van der Waals surface area contributed by atoms with Gasteiger partial charge in [-0.15, -0.1) is 0 Å². The van der Waals surface area contributed by atoms with Crippen molar-refractivity contribution in [2.45, 2.75) is 56.1 Å². The van der Waals surface area contributed by atoms with Gasteiger partial charge in [-0.2, -0.15) is 0 Å². The molecule has 0 radical (unpaired) electrons. The molecule has 1 saturated carbocycles. The summed E-state index contributed by atoms with van der Waals surface area (Å²) in [4.78, 5) is 14.3. The predicted octanol–water partition coefficient (Wildman–Crippen LogP) is 3.29. The first-order chi connectivity index (χ1) is 12.6. The first-order valence-corrected chi connectivity index (χ1v) is 9.85. The number of hydrogen-bond donors (Lipinski definition) is 1. The fourth-order valence-electron chi connectivity index (χ4n) is 5.21. The Labute approximate surface area is 155 Å². The Morgan fingerprint density at radius 1 is 1.19 bits per heavy atom. The molecule has 1 aliphatic carbocycles. The number of hydrogen-bond acceptors (Lipinski definition) is 4. The number of ether oxygens (including phenoxy) is 2. The van der Waals surface area contributed by atoms with Crippen molar-refractivity contribution >= 4 is 5.97 Å². The Morgan fingerprint density at radius 3 is 2.50 bits per heavy atom. The van der Waals surface area contributed by atoms with E-state index in [-0.39, 0.29) is 17.4 Å². The van der Waals surface area contributed by atoms with Gasteiger partial charge >= 0.3 is 5.97 Å². The minimum absolute atomic E-state index is 0.0528. The van der Waals surface area contributed by atoms with Crippen LogP contribution >= 0.6 is 0 Å². The van der Waals surface area contributed by atoms with Crippen LogP contribution in [0.5, 0.6) is 5.75 Å². The van der Waals surface area contributed by atoms with Gasteiger partial charge in [0.05, 0.1) is 18.6 Å². The molecule has 0 unspecified atom stereocenters. The molecule has 0 bridgehead atoms. The maximum atomic E-state index is 11.9. The SMILES string of the molecule is COc1ccc([C@@H]2CN([C@H]3CC[C@]4(CCCO4)CC3)C[C@H]2C(=O)O)cc1. The van der Waals surface area contributed by atoms with Crippen molar-refractivity contribution in [3.63, 3.8) is 0 Å². The molecule has 0 aromatic heterocycles. The van der Waals surface area contributed by atoms with Crippen LogP contribution in [-0.4, -0.2) is 54.4 Å². The van der Waals surface area contributed by atoms with Crippen LogP contribution < -0.4 is 4.74 Å². The fourth-order valence-corrected chi connectivity index (χ4v) is 5.21. The molecule has 4 rings (SSSR count). The second-order valence-corrected chi connectivity index (χ2v) is 8.14. The van der Waals surface area contributed by atoms with E-state index in [2.05, 4.69) is 4.90 Å². The number of aliphatic carboxylic acids is 1. The van der Waals surface area contributed by atoms with Crippen molar-refractivity contribution < 1.29 is 19.4 Å². The second kappa shape index (κ2) is 7.20. The number of rotatable bonds is 4. The topological polar surface area (TPSA) is 59.0 Å². The molecule has 142 valence electrons. The van der Waals surface area contributed by atoms with Gasteiger partial charge in [0.15, 0.2) is 0 Å². The molecule has 1 spiro atoms. The van der Waals surface area contributed by atoms with E-state index in [9.17, 15) is 9.90 Å². The number of nitrogens with zero attached hydrogens (tertiary/aromatic N) is 1. The van der Waals surface area contributed by atoms with E-state index in [0.29, 0.717) is 12.6 Å². The van der Waals surface area contributed by atoms with Gasteiger partial charge in [0.1, 0.15) is 5.75 Å². The van der Waals surface area contributed by atoms with E-state index >= 15 is 0 Å². The number of benzene rings is 1. The number of methoxy groups -OCH3 is 1. The summed E-state index contributed by atoms with van der Waals surface area (Å²) in [5.74, 6) is -0.150. The van der Waals surface area contributed by atoms with Crippen molar-refractivity contribution in [3.05, 3.63) is 29.8 Å². The van der Waals surface area contributed by atoms with E-state index in [1.807, 2.05) is 24.3 Å². The van der Waals surface area contributed by atoms with Gasteiger partial charge in [0, 0.05) is 31.7 Å². The third-order valence-corrected chi connectivity index (χ3v) is 6.78. The number of carbonyl (C=O) groups is 1. The Hall–Kier alpha value is -1.59. The van der Waals surface area contributed by atoms with E-state index in [1.54, 1.807) is 7.11 Å². The molecule has 5 nitrogen and oxygen atoms in total. The monoisotopic (exact) mass is 359 g/mol. The number of carboxylic acids is 1. The Kier molecular flexibility index (Phi) is 4.93. The fraction of sp³-hybridized carbons (Fsp3) is 0.667. The minimum atomic E-state index is -0.681. The molecule has 26 heavy (non-hydrogen) atoms. The molecule has 3 aliphatic rings. The largest absolute Gasteiger partial charge is 0.497 e. The molecule has 1 aromatic rings. The molecule has 0 amide bonds. The number of likely N-dealkylation sites (tertiary alicyclic amines) is 1. The van der Waals surface area contributed by atoms with E-state index in [1.165, 1.54) is 12.8 Å². The Bertz CT molecular complexity index is 628. The van der Waals surface area contributed by atoms with Gasteiger partial charge in [-0.05, 0) is 56.2 Å². The van der Waals surface area contributed by atoms with E-state index < -0.39 is 5.97 Å². The first-order valence-electron chi connectivity index (χ1n) is 9.85. The highest BCUT2D eigenvalue weighted by Gasteiger charge is 2.45. The lowest BCUT2D eigenvalue weighted by molar-refractivity contribution is -0.141. The number of carboxylic acid groups (broad SMARTS) is 1. The zero-order chi connectivity index (χ0) is 18.1. The van der Waals surface area contributed by atoms with Gasteiger partial charge in [0.2, 0.25) is 0 Å². The molecular formula is C21H29NO4. The van der Waals surface area contributed by atoms with Gasteiger partial charge in [-0.1, -0.05) is 12.1 Å². The summed E-state index contributed by atoms with van der Waals surface area (Å²) in [6.07, 6.45) is 6.89. The average Bonchev–Trinajstić information content (AvgIpc) is 3.30. The third-order valence-electron chi connectivity index (χ3n) is 6.78. The van der Waals surface area contributed by atoms with Crippen LogP contribution in [0.15, 0.2) is 24.3 Å². The van der Waals surface area contributed by atoms with Crippen molar-refractivity contribution in [1.29, 1.82) is 0 Å². The summed E-state index contributed by atoms with van der Waals surface area (Å²) in [5, 5.41) is 9.76. The summed E-state index contributed by atoms with van der Waals surface area (Å²) in [6, 6.07) is 8.39. The summed E-state index contributed by atoms with van der Waals surface area (Å²) >= 11 is 0. The lowest BCUT2D eigenvalue weighted by Crippen LogP contribution is -2.42. The summed E-state index contributed by atoms with van der Waals surface area (Å²) in [6.45, 7) is 2.40. The van der Waals surface area contributed by atoms with Gasteiger partial charge < -0.3 is 14.6 Å². The molecule has 2 saturated heterocycles. The van der Waals surface area contributed by atoms with Crippen molar-refractivity contribution in [2.75, 3.05) is 26.8 Å². The molecule has 2 aliphatic heterocycles. The van der Waals surface area contributed by atoms with Crippen molar-refractivity contribution in [3.8, 4) is 5.75 Å².